The molecule has 1 N–H and O–H groups in total. The van der Waals surface area contributed by atoms with Crippen molar-refractivity contribution in [2.75, 3.05) is 55.9 Å². The van der Waals surface area contributed by atoms with Crippen molar-refractivity contribution in [3.63, 3.8) is 0 Å². The van der Waals surface area contributed by atoms with Crippen LogP contribution in [0.1, 0.15) is 12.0 Å². The Hall–Kier alpha value is -3.27. The number of sulfone groups is 1. The molecule has 0 saturated carbocycles. The van der Waals surface area contributed by atoms with Crippen LogP contribution in [0.5, 0.6) is 11.5 Å². The van der Waals surface area contributed by atoms with Gasteiger partial charge in [-0.2, -0.15) is 0 Å². The SMILES string of the molecule is COc1ccc(N2CCN(C(=O)CCS(=O)(=O)c3cc4c(cc3C)NC(=O)CO4)CC2)cc1. The number of fused-ring (bicyclic) bond motifs is 1. The highest BCUT2D eigenvalue weighted by atomic mass is 32.2. The van der Waals surface area contributed by atoms with E-state index < -0.39 is 9.84 Å². The average molecular weight is 474 g/mol. The van der Waals surface area contributed by atoms with Crippen LogP contribution in [-0.2, 0) is 19.4 Å². The van der Waals surface area contributed by atoms with E-state index in [-0.39, 0.29) is 35.5 Å². The number of carbonyl (C=O) groups excluding carboxylic acids is 2. The van der Waals surface area contributed by atoms with E-state index in [0.29, 0.717) is 43.2 Å². The van der Waals surface area contributed by atoms with Crippen LogP contribution in [0.2, 0.25) is 0 Å². The van der Waals surface area contributed by atoms with Crippen molar-refractivity contribution >= 4 is 33.0 Å². The van der Waals surface area contributed by atoms with Crippen LogP contribution in [0.4, 0.5) is 11.4 Å². The van der Waals surface area contributed by atoms with Gasteiger partial charge in [-0.1, -0.05) is 0 Å². The van der Waals surface area contributed by atoms with E-state index >= 15 is 0 Å². The number of anilines is 2. The molecule has 176 valence electrons. The van der Waals surface area contributed by atoms with E-state index in [9.17, 15) is 18.0 Å². The second kappa shape index (κ2) is 9.30. The van der Waals surface area contributed by atoms with Crippen LogP contribution >= 0.6 is 0 Å². The van der Waals surface area contributed by atoms with Gasteiger partial charge in [0.2, 0.25) is 5.91 Å². The van der Waals surface area contributed by atoms with Crippen LogP contribution in [0.15, 0.2) is 41.3 Å². The number of rotatable bonds is 6. The maximum Gasteiger partial charge on any atom is 0.262 e. The molecule has 1 saturated heterocycles. The highest BCUT2D eigenvalue weighted by molar-refractivity contribution is 7.91. The molecule has 0 aromatic heterocycles. The van der Waals surface area contributed by atoms with Crippen LogP contribution in [0, 0.1) is 6.92 Å². The second-order valence-electron chi connectivity index (χ2n) is 8.09. The van der Waals surface area contributed by atoms with Crippen LogP contribution in [0.25, 0.3) is 0 Å². The first-order chi connectivity index (χ1) is 15.8. The van der Waals surface area contributed by atoms with E-state index in [1.54, 1.807) is 25.0 Å². The first-order valence-electron chi connectivity index (χ1n) is 10.7. The molecule has 33 heavy (non-hydrogen) atoms. The number of aryl methyl sites for hydroxylation is 1. The minimum absolute atomic E-state index is 0.0843. The molecule has 2 aliphatic heterocycles. The summed E-state index contributed by atoms with van der Waals surface area (Å²) in [4.78, 5) is 28.2. The van der Waals surface area contributed by atoms with Gasteiger partial charge in [-0.3, -0.25) is 9.59 Å². The lowest BCUT2D eigenvalue weighted by Gasteiger charge is -2.36. The van der Waals surface area contributed by atoms with Crippen molar-refractivity contribution < 1.29 is 27.5 Å². The van der Waals surface area contributed by atoms with E-state index in [4.69, 9.17) is 9.47 Å². The molecule has 2 aromatic carbocycles. The summed E-state index contributed by atoms with van der Waals surface area (Å²) in [5.41, 5.74) is 2.01. The molecule has 10 heteroatoms. The van der Waals surface area contributed by atoms with Gasteiger partial charge >= 0.3 is 0 Å². The summed E-state index contributed by atoms with van der Waals surface area (Å²) < 4.78 is 36.4. The molecule has 0 unspecified atom stereocenters. The monoisotopic (exact) mass is 473 g/mol. The molecule has 2 aromatic rings. The highest BCUT2D eigenvalue weighted by Gasteiger charge is 2.26. The molecule has 2 heterocycles. The van der Waals surface area contributed by atoms with Gasteiger partial charge in [-0.25, -0.2) is 8.42 Å². The third kappa shape index (κ3) is 5.05. The molecule has 4 rings (SSSR count). The Morgan fingerprint density at radius 3 is 2.48 bits per heavy atom. The number of amides is 2. The first-order valence-corrected chi connectivity index (χ1v) is 12.4. The molecule has 0 radical (unpaired) electrons. The third-order valence-corrected chi connectivity index (χ3v) is 7.75. The molecule has 0 spiro atoms. The lowest BCUT2D eigenvalue weighted by Crippen LogP contribution is -2.49. The number of nitrogens with one attached hydrogen (secondary N) is 1. The lowest BCUT2D eigenvalue weighted by atomic mass is 10.2. The predicted octanol–water partition coefficient (Wildman–Crippen LogP) is 1.85. The topological polar surface area (TPSA) is 105 Å². The summed E-state index contributed by atoms with van der Waals surface area (Å²) in [6.45, 7) is 3.94. The van der Waals surface area contributed by atoms with Gasteiger partial charge in [0.25, 0.3) is 5.91 Å². The lowest BCUT2D eigenvalue weighted by molar-refractivity contribution is -0.131. The number of methoxy groups -OCH3 is 1. The number of piperazine rings is 1. The van der Waals surface area contributed by atoms with Crippen LogP contribution in [0.3, 0.4) is 0 Å². The largest absolute Gasteiger partial charge is 0.497 e. The van der Waals surface area contributed by atoms with Crippen LogP contribution in [-0.4, -0.2) is 70.8 Å². The number of carbonyl (C=O) groups is 2. The molecule has 9 nitrogen and oxygen atoms in total. The summed E-state index contributed by atoms with van der Waals surface area (Å²) >= 11 is 0. The number of hydrogen-bond acceptors (Lipinski definition) is 7. The van der Waals surface area contributed by atoms with Gasteiger partial charge in [0.1, 0.15) is 11.5 Å². The first kappa shape index (κ1) is 22.9. The maximum atomic E-state index is 12.9. The van der Waals surface area contributed by atoms with Gasteiger partial charge in [0.05, 0.1) is 23.4 Å². The zero-order valence-electron chi connectivity index (χ0n) is 18.7. The fourth-order valence-corrected chi connectivity index (χ4v) is 5.55. The minimum atomic E-state index is -3.69. The molecule has 0 bridgehead atoms. The Balaban J connectivity index is 1.34. The molecular formula is C23H27N3O6S. The van der Waals surface area contributed by atoms with Crippen molar-refractivity contribution in [1.82, 2.24) is 4.90 Å². The Kier molecular flexibility index (Phi) is 6.46. The van der Waals surface area contributed by atoms with Crippen molar-refractivity contribution in [3.05, 3.63) is 42.0 Å². The summed E-state index contributed by atoms with van der Waals surface area (Å²) in [6, 6.07) is 10.8. The number of nitrogens with zero attached hydrogens (tertiary/aromatic N) is 2. The molecule has 1 fully saturated rings. The molecular weight excluding hydrogens is 446 g/mol. The molecule has 0 atom stereocenters. The fourth-order valence-electron chi connectivity index (χ4n) is 4.05. The highest BCUT2D eigenvalue weighted by Crippen LogP contribution is 2.33. The smallest absolute Gasteiger partial charge is 0.262 e. The zero-order valence-corrected chi connectivity index (χ0v) is 19.5. The normalized spacial score (nSPS) is 16.0. The predicted molar refractivity (Wildman–Crippen MR) is 124 cm³/mol. The van der Waals surface area contributed by atoms with E-state index in [0.717, 1.165) is 11.4 Å². The van der Waals surface area contributed by atoms with E-state index in [2.05, 4.69) is 10.2 Å². The standard InChI is InChI=1S/C23H27N3O6S/c1-16-13-19-20(32-15-22(27)24-19)14-21(16)33(29,30)12-7-23(28)26-10-8-25(9-11-26)17-3-5-18(31-2)6-4-17/h3-6,13-14H,7-12,15H2,1-2H3,(H,24,27). The molecule has 0 aliphatic carbocycles. The quantitative estimate of drug-likeness (QED) is 0.683. The van der Waals surface area contributed by atoms with Crippen molar-refractivity contribution in [1.29, 1.82) is 0 Å². The maximum absolute atomic E-state index is 12.9. The Bertz CT molecular complexity index is 1160. The fraction of sp³-hybridized carbons (Fsp3) is 0.391. The van der Waals surface area contributed by atoms with E-state index in [1.807, 2.05) is 24.3 Å². The van der Waals surface area contributed by atoms with Crippen molar-refractivity contribution in [2.24, 2.45) is 0 Å². The number of benzene rings is 2. The van der Waals surface area contributed by atoms with Gasteiger partial charge in [0.15, 0.2) is 16.4 Å². The minimum Gasteiger partial charge on any atom is -0.497 e. The molecule has 2 amide bonds. The summed E-state index contributed by atoms with van der Waals surface area (Å²) in [5.74, 6) is 0.373. The van der Waals surface area contributed by atoms with Crippen molar-refractivity contribution in [3.8, 4) is 11.5 Å². The van der Waals surface area contributed by atoms with Gasteiger partial charge in [0, 0.05) is 44.4 Å². The average Bonchev–Trinajstić information content (AvgIpc) is 2.82. The Labute approximate surface area is 193 Å². The van der Waals surface area contributed by atoms with Gasteiger partial charge in [-0.15, -0.1) is 0 Å². The third-order valence-electron chi connectivity index (χ3n) is 5.90. The number of hydrogen-bond donors (Lipinski definition) is 1. The second-order valence-corrected chi connectivity index (χ2v) is 10.2. The van der Waals surface area contributed by atoms with Crippen LogP contribution < -0.4 is 19.7 Å². The number of ether oxygens (including phenoxy) is 2. The zero-order chi connectivity index (χ0) is 23.6. The Morgan fingerprint density at radius 2 is 1.82 bits per heavy atom. The van der Waals surface area contributed by atoms with Gasteiger partial charge < -0.3 is 24.6 Å². The van der Waals surface area contributed by atoms with Gasteiger partial charge in [-0.05, 0) is 42.8 Å². The van der Waals surface area contributed by atoms with E-state index in [1.165, 1.54) is 6.07 Å². The summed E-state index contributed by atoms with van der Waals surface area (Å²) in [7, 11) is -2.07. The van der Waals surface area contributed by atoms with Crippen molar-refractivity contribution in [2.45, 2.75) is 18.2 Å². The summed E-state index contributed by atoms with van der Waals surface area (Å²) in [5, 5.41) is 2.66. The molecule has 2 aliphatic rings. The summed E-state index contributed by atoms with van der Waals surface area (Å²) in [6.07, 6.45) is -0.0843. The Morgan fingerprint density at radius 1 is 1.12 bits per heavy atom.